The van der Waals surface area contributed by atoms with Crippen molar-refractivity contribution in [1.29, 1.82) is 0 Å². The number of anilines is 1. The Kier molecular flexibility index (Phi) is 10.0. The molecule has 3 aliphatic rings. The maximum Gasteiger partial charge on any atom is 0.319 e. The van der Waals surface area contributed by atoms with E-state index >= 15 is 8.78 Å². The number of fused-ring (bicyclic) bond motifs is 3. The molecule has 0 aliphatic carbocycles. The van der Waals surface area contributed by atoms with E-state index in [1.165, 1.54) is 6.07 Å². The predicted molar refractivity (Wildman–Crippen MR) is 209 cm³/mol. The van der Waals surface area contributed by atoms with Gasteiger partial charge in [-0.15, -0.1) is 5.54 Å². The predicted octanol–water partition coefficient (Wildman–Crippen LogP) is 9.00. The summed E-state index contributed by atoms with van der Waals surface area (Å²) >= 11 is 0. The molecule has 2 aromatic carbocycles. The first-order valence-electron chi connectivity index (χ1n) is 19.3. The van der Waals surface area contributed by atoms with Gasteiger partial charge in [-0.1, -0.05) is 71.7 Å². The average molecular weight is 744 g/mol. The van der Waals surface area contributed by atoms with E-state index < -0.39 is 37.0 Å². The van der Waals surface area contributed by atoms with Crippen LogP contribution in [0.5, 0.6) is 6.01 Å². The van der Waals surface area contributed by atoms with Gasteiger partial charge in [0.2, 0.25) is 0 Å². The van der Waals surface area contributed by atoms with Crippen molar-refractivity contribution in [1.82, 2.24) is 19.9 Å². The van der Waals surface area contributed by atoms with E-state index in [1.807, 2.05) is 17.0 Å². The van der Waals surface area contributed by atoms with Crippen molar-refractivity contribution in [3.05, 3.63) is 53.7 Å². The molecule has 53 heavy (non-hydrogen) atoms. The molecule has 0 amide bonds. The van der Waals surface area contributed by atoms with Gasteiger partial charge in [-0.3, -0.25) is 9.88 Å². The van der Waals surface area contributed by atoms with Crippen LogP contribution < -0.4 is 9.64 Å². The van der Waals surface area contributed by atoms with Gasteiger partial charge in [0.05, 0.1) is 22.1 Å². The summed E-state index contributed by atoms with van der Waals surface area (Å²) in [6.07, 6.45) is 4.14. The summed E-state index contributed by atoms with van der Waals surface area (Å²) in [5, 5.41) is 12.6. The van der Waals surface area contributed by atoms with Crippen molar-refractivity contribution in [2.75, 3.05) is 37.7 Å². The highest BCUT2D eigenvalue weighted by atomic mass is 28.3. The molecule has 3 atom stereocenters. The van der Waals surface area contributed by atoms with Gasteiger partial charge in [-0.25, -0.2) is 13.2 Å². The van der Waals surface area contributed by atoms with E-state index in [0.717, 1.165) is 31.2 Å². The first-order valence-corrected chi connectivity index (χ1v) is 21.5. The van der Waals surface area contributed by atoms with Crippen molar-refractivity contribution >= 4 is 35.6 Å². The quantitative estimate of drug-likeness (QED) is 0.143. The van der Waals surface area contributed by atoms with E-state index in [1.54, 1.807) is 25.3 Å². The summed E-state index contributed by atoms with van der Waals surface area (Å²) < 4.78 is 54.1. The van der Waals surface area contributed by atoms with Crippen LogP contribution >= 0.6 is 0 Å². The van der Waals surface area contributed by atoms with Crippen LogP contribution in [0.1, 0.15) is 86.1 Å². The van der Waals surface area contributed by atoms with E-state index in [0.29, 0.717) is 71.3 Å². The number of hydrogen-bond acceptors (Lipinski definition) is 7. The summed E-state index contributed by atoms with van der Waals surface area (Å²) in [6, 6.07) is 8.57. The molecule has 3 aliphatic heterocycles. The van der Waals surface area contributed by atoms with E-state index in [2.05, 4.69) is 67.9 Å². The Balaban J connectivity index is 1.39. The van der Waals surface area contributed by atoms with Gasteiger partial charge < -0.3 is 14.7 Å². The molecule has 0 spiro atoms. The van der Waals surface area contributed by atoms with Gasteiger partial charge in [0.1, 0.15) is 43.7 Å². The molecule has 5 heterocycles. The lowest BCUT2D eigenvalue weighted by molar-refractivity contribution is 0.0447. The van der Waals surface area contributed by atoms with Gasteiger partial charge in [0.25, 0.3) is 0 Å². The lowest BCUT2D eigenvalue weighted by atomic mass is 9.94. The number of nitrogens with zero attached hydrogens (tertiary/aromatic N) is 5. The molecule has 7 rings (SSSR count). The first kappa shape index (κ1) is 37.6. The zero-order chi connectivity index (χ0) is 37.9. The topological polar surface area (TPSA) is 74.6 Å². The average Bonchev–Trinajstić information content (AvgIpc) is 3.63. The minimum absolute atomic E-state index is 0.00910. The number of aliphatic hydroxyl groups is 1. The Morgan fingerprint density at radius 3 is 2.45 bits per heavy atom. The zero-order valence-electron chi connectivity index (χ0n) is 32.1. The molecule has 7 nitrogen and oxygen atoms in total. The van der Waals surface area contributed by atoms with Crippen LogP contribution in [0.15, 0.2) is 36.5 Å². The third-order valence-corrected chi connectivity index (χ3v) is 18.7. The Hall–Kier alpha value is -3.72. The molecule has 0 radical (unpaired) electrons. The van der Waals surface area contributed by atoms with Crippen LogP contribution in [0.3, 0.4) is 0 Å². The molecule has 0 bridgehead atoms. The highest BCUT2D eigenvalue weighted by Gasteiger charge is 2.49. The number of benzene rings is 2. The van der Waals surface area contributed by atoms with Crippen molar-refractivity contribution in [3.63, 3.8) is 0 Å². The molecule has 0 saturated carbocycles. The highest BCUT2D eigenvalue weighted by Crippen LogP contribution is 2.43. The number of aromatic nitrogens is 3. The second kappa shape index (κ2) is 14.2. The molecule has 0 unspecified atom stereocenters. The van der Waals surface area contributed by atoms with E-state index in [-0.39, 0.29) is 29.4 Å². The largest absolute Gasteiger partial charge is 0.461 e. The molecular formula is C42H52F3N5O2Si. The van der Waals surface area contributed by atoms with Crippen LogP contribution in [0.4, 0.5) is 19.0 Å². The van der Waals surface area contributed by atoms with Gasteiger partial charge >= 0.3 is 6.01 Å². The minimum Gasteiger partial charge on any atom is -0.461 e. The summed E-state index contributed by atoms with van der Waals surface area (Å²) in [7, 11) is -2.23. The molecule has 4 aromatic rings. The molecule has 2 aromatic heterocycles. The molecule has 3 fully saturated rings. The Morgan fingerprint density at radius 1 is 1.00 bits per heavy atom. The van der Waals surface area contributed by atoms with Crippen molar-refractivity contribution in [2.24, 2.45) is 0 Å². The number of pyridine rings is 1. The summed E-state index contributed by atoms with van der Waals surface area (Å²) in [5.41, 5.74) is 4.01. The van der Waals surface area contributed by atoms with Crippen LogP contribution in [-0.2, 0) is 0 Å². The molecule has 3 saturated heterocycles. The normalized spacial score (nSPS) is 23.7. The monoisotopic (exact) mass is 743 g/mol. The first-order chi connectivity index (χ1) is 25.2. The van der Waals surface area contributed by atoms with Gasteiger partial charge in [0.15, 0.2) is 5.82 Å². The second-order valence-corrected chi connectivity index (χ2v) is 22.5. The van der Waals surface area contributed by atoms with E-state index in [9.17, 15) is 9.50 Å². The molecular weight excluding hydrogens is 692 g/mol. The number of piperidine rings is 1. The number of alkyl halides is 1. The lowest BCUT2D eigenvalue weighted by Gasteiger charge is -2.38. The van der Waals surface area contributed by atoms with Gasteiger partial charge in [-0.2, -0.15) is 9.97 Å². The Morgan fingerprint density at radius 2 is 1.74 bits per heavy atom. The highest BCUT2D eigenvalue weighted by molar-refractivity contribution is 6.90. The third-order valence-electron chi connectivity index (χ3n) is 12.4. The maximum atomic E-state index is 17.2. The van der Waals surface area contributed by atoms with Gasteiger partial charge in [0, 0.05) is 43.2 Å². The Labute approximate surface area is 312 Å². The standard InChI is InChI=1S/C42H52F3N5O2Si/c1-26(2)53(27(3)4,28(5)6)20-15-31-34(44)14-13-29-11-8-12-32(35(29)31)37-36(45)38-33(22-46-37)39(49-18-9-16-41(7,51)24-49)48-40(47-38)52-25-42-17-10-19-50(42)23-30(43)21-42/h8,11-14,22,26-28,30,51H,9-10,16-19,21,23-25H2,1-7H3/t30-,41-,42+/m1/s1. The summed E-state index contributed by atoms with van der Waals surface area (Å²) in [5.74, 6) is 2.60. The van der Waals surface area contributed by atoms with Crippen LogP contribution in [0, 0.1) is 23.1 Å². The van der Waals surface area contributed by atoms with Crippen LogP contribution in [-0.4, -0.2) is 83.1 Å². The van der Waals surface area contributed by atoms with Crippen LogP contribution in [0.25, 0.3) is 32.9 Å². The fourth-order valence-electron chi connectivity index (χ4n) is 9.84. The fraction of sp³-hybridized carbons (Fsp3) is 0.548. The van der Waals surface area contributed by atoms with E-state index in [4.69, 9.17) is 9.72 Å². The molecule has 282 valence electrons. The summed E-state index contributed by atoms with van der Waals surface area (Å²) in [4.78, 5) is 18.2. The van der Waals surface area contributed by atoms with Crippen LogP contribution in [0.2, 0.25) is 16.6 Å². The fourth-order valence-corrected chi connectivity index (χ4v) is 15.0. The summed E-state index contributed by atoms with van der Waals surface area (Å²) in [6.45, 7) is 17.4. The number of rotatable bonds is 8. The second-order valence-electron chi connectivity index (χ2n) is 16.9. The maximum absolute atomic E-state index is 17.2. The third kappa shape index (κ3) is 6.69. The SMILES string of the molecule is CC(C)[Si](C#Cc1c(F)ccc2cccc(-c3ncc4c(N5CCC[C@@](C)(O)C5)nc(OC[C@@]56CCCN5C[C@H](F)C6)nc4c3F)c12)(C(C)C)C(C)C. The molecule has 11 heteroatoms. The minimum atomic E-state index is -2.23. The molecule has 1 N–H and O–H groups in total. The van der Waals surface area contributed by atoms with Gasteiger partial charge in [-0.05, 0) is 67.2 Å². The zero-order valence-corrected chi connectivity index (χ0v) is 33.1. The lowest BCUT2D eigenvalue weighted by Crippen LogP contribution is -2.46. The number of halogens is 3. The van der Waals surface area contributed by atoms with Crippen molar-refractivity contribution in [2.45, 2.75) is 115 Å². The van der Waals surface area contributed by atoms with Crippen molar-refractivity contribution in [3.8, 4) is 28.7 Å². The Bertz CT molecular complexity index is 2070. The number of β-amino-alcohol motifs (C(OH)–C–C–N with tert-alkyl or cyclic N) is 1. The number of ether oxygens (including phenoxy) is 1. The smallest absolute Gasteiger partial charge is 0.319 e. The van der Waals surface area contributed by atoms with Crippen molar-refractivity contribution < 1.29 is 23.0 Å². The number of hydrogen-bond donors (Lipinski definition) is 1.